The molecule has 0 atom stereocenters. The number of carbonyl (C=O) groups excluding carboxylic acids is 1. The average Bonchev–Trinajstić information content (AvgIpc) is 2.35. The van der Waals surface area contributed by atoms with E-state index in [4.69, 9.17) is 0 Å². The first-order valence-corrected chi connectivity index (χ1v) is 7.17. The summed E-state index contributed by atoms with van der Waals surface area (Å²) >= 11 is 2.90. The monoisotopic (exact) mass is 409 g/mol. The van der Waals surface area contributed by atoms with E-state index in [-0.39, 0.29) is 23.2 Å². The molecular weight excluding hydrogens is 400 g/mol. The highest BCUT2D eigenvalue weighted by Crippen LogP contribution is 2.38. The van der Waals surface area contributed by atoms with E-state index in [1.165, 1.54) is 6.92 Å². The van der Waals surface area contributed by atoms with Gasteiger partial charge in [0, 0.05) is 5.33 Å². The maximum absolute atomic E-state index is 12.9. The van der Waals surface area contributed by atoms with Gasteiger partial charge in [-0.1, -0.05) is 15.9 Å². The van der Waals surface area contributed by atoms with Gasteiger partial charge in [0.25, 0.3) is 0 Å². The van der Waals surface area contributed by atoms with Crippen LogP contribution in [0.15, 0.2) is 6.07 Å². The molecule has 0 aromatic carbocycles. The van der Waals surface area contributed by atoms with Crippen LogP contribution in [0.5, 0.6) is 5.88 Å². The van der Waals surface area contributed by atoms with Crippen molar-refractivity contribution in [1.29, 1.82) is 0 Å². The first-order valence-electron chi connectivity index (χ1n) is 6.05. The van der Waals surface area contributed by atoms with Gasteiger partial charge in [-0.3, -0.25) is 4.79 Å². The maximum Gasteiger partial charge on any atom is 0.574 e. The minimum atomic E-state index is -5.36. The summed E-state index contributed by atoms with van der Waals surface area (Å²) in [5, 5.41) is -0.149. The van der Waals surface area contributed by atoms with Crippen molar-refractivity contribution in [2.45, 2.75) is 31.2 Å². The molecule has 1 aromatic heterocycles. The number of ether oxygens (including phenoxy) is 2. The molecule has 0 amide bonds. The van der Waals surface area contributed by atoms with E-state index in [1.807, 2.05) is 0 Å². The fourth-order valence-corrected chi connectivity index (χ4v) is 2.07. The molecule has 0 N–H and O–H groups in total. The summed E-state index contributed by atoms with van der Waals surface area (Å²) in [6, 6.07) is 0.456. The van der Waals surface area contributed by atoms with Crippen LogP contribution in [0.25, 0.3) is 0 Å². The fraction of sp³-hybridized carbons (Fsp3) is 0.500. The Hall–Kier alpha value is -1.52. The first kappa shape index (κ1) is 19.5. The smallest absolute Gasteiger partial charge is 0.466 e. The van der Waals surface area contributed by atoms with Crippen LogP contribution in [0.3, 0.4) is 0 Å². The highest BCUT2D eigenvalue weighted by Gasteiger charge is 2.41. The van der Waals surface area contributed by atoms with Crippen molar-refractivity contribution < 1.29 is 40.6 Å². The summed E-state index contributed by atoms with van der Waals surface area (Å²) in [5.74, 6) is -2.49. The third-order valence-electron chi connectivity index (χ3n) is 2.44. The van der Waals surface area contributed by atoms with E-state index in [2.05, 4.69) is 30.4 Å². The van der Waals surface area contributed by atoms with Gasteiger partial charge in [0.05, 0.1) is 18.7 Å². The van der Waals surface area contributed by atoms with Gasteiger partial charge in [-0.2, -0.15) is 13.2 Å². The quantitative estimate of drug-likeness (QED) is 0.419. The van der Waals surface area contributed by atoms with E-state index in [0.717, 1.165) is 0 Å². The third kappa shape index (κ3) is 5.88. The molecule has 0 aliphatic heterocycles. The molecule has 1 aromatic rings. The number of halogens is 7. The molecule has 0 unspecified atom stereocenters. The second-order valence-corrected chi connectivity index (χ2v) is 4.67. The highest BCUT2D eigenvalue weighted by molar-refractivity contribution is 9.08. The number of pyridine rings is 1. The molecule has 0 radical (unpaired) electrons. The zero-order chi connectivity index (χ0) is 17.8. The third-order valence-corrected chi connectivity index (χ3v) is 3.04. The van der Waals surface area contributed by atoms with Gasteiger partial charge >= 0.3 is 18.5 Å². The standard InChI is InChI=1S/C12H10BrF6NO3/c1-2-22-9(21)4-8-6(5-13)3-7(11(14,15)16)10(20-8)23-12(17,18)19/h3H,2,4-5H2,1H3. The summed E-state index contributed by atoms with van der Waals surface area (Å²) in [6.45, 7) is 1.51. The Labute approximate surface area is 134 Å². The number of hydrogen-bond donors (Lipinski definition) is 0. The van der Waals surface area contributed by atoms with Gasteiger partial charge < -0.3 is 9.47 Å². The van der Waals surface area contributed by atoms with Gasteiger partial charge in [0.2, 0.25) is 5.88 Å². The average molecular weight is 410 g/mol. The van der Waals surface area contributed by atoms with Crippen LogP contribution in [0, 0.1) is 0 Å². The molecule has 0 spiro atoms. The minimum absolute atomic E-state index is 0.00895. The van der Waals surface area contributed by atoms with Crippen LogP contribution >= 0.6 is 15.9 Å². The predicted molar refractivity (Wildman–Crippen MR) is 68.9 cm³/mol. The van der Waals surface area contributed by atoms with E-state index in [9.17, 15) is 31.1 Å². The Morgan fingerprint density at radius 2 is 1.87 bits per heavy atom. The fourth-order valence-electron chi connectivity index (χ4n) is 1.58. The lowest BCUT2D eigenvalue weighted by Crippen LogP contribution is -2.22. The number of carbonyl (C=O) groups is 1. The second-order valence-electron chi connectivity index (χ2n) is 4.11. The van der Waals surface area contributed by atoms with Crippen molar-refractivity contribution in [1.82, 2.24) is 4.98 Å². The van der Waals surface area contributed by atoms with Crippen molar-refractivity contribution in [3.05, 3.63) is 22.9 Å². The molecule has 0 bridgehead atoms. The molecule has 0 fully saturated rings. The molecule has 130 valence electrons. The number of nitrogens with zero attached hydrogens (tertiary/aromatic N) is 1. The van der Waals surface area contributed by atoms with Gasteiger partial charge in [-0.15, -0.1) is 13.2 Å². The summed E-state index contributed by atoms with van der Waals surface area (Å²) < 4.78 is 83.4. The number of aromatic nitrogens is 1. The first-order chi connectivity index (χ1) is 10.5. The Morgan fingerprint density at radius 1 is 1.26 bits per heavy atom. The van der Waals surface area contributed by atoms with Crippen molar-refractivity contribution in [2.24, 2.45) is 0 Å². The molecule has 4 nitrogen and oxygen atoms in total. The number of hydrogen-bond acceptors (Lipinski definition) is 4. The zero-order valence-electron chi connectivity index (χ0n) is 11.5. The van der Waals surface area contributed by atoms with Crippen LogP contribution in [-0.2, 0) is 27.5 Å². The van der Waals surface area contributed by atoms with Gasteiger partial charge in [0.1, 0.15) is 5.56 Å². The van der Waals surface area contributed by atoms with E-state index >= 15 is 0 Å². The predicted octanol–water partition coefficient (Wildman–Crippen LogP) is 4.00. The molecule has 0 saturated heterocycles. The summed E-state index contributed by atoms with van der Waals surface area (Å²) in [5.41, 5.74) is -2.08. The largest absolute Gasteiger partial charge is 0.574 e. The Kier molecular flexibility index (Phi) is 6.25. The Balaban J connectivity index is 3.36. The van der Waals surface area contributed by atoms with Crippen molar-refractivity contribution in [2.75, 3.05) is 6.61 Å². The van der Waals surface area contributed by atoms with Crippen LogP contribution in [0.4, 0.5) is 26.3 Å². The zero-order valence-corrected chi connectivity index (χ0v) is 13.1. The van der Waals surface area contributed by atoms with Crippen molar-refractivity contribution >= 4 is 21.9 Å². The summed E-state index contributed by atoms with van der Waals surface area (Å²) in [4.78, 5) is 14.6. The Bertz CT molecular complexity index is 573. The van der Waals surface area contributed by atoms with Gasteiger partial charge in [-0.05, 0) is 18.6 Å². The SMILES string of the molecule is CCOC(=O)Cc1nc(OC(F)(F)F)c(C(F)(F)F)cc1CBr. The van der Waals surface area contributed by atoms with Gasteiger partial charge in [-0.25, -0.2) is 4.98 Å². The van der Waals surface area contributed by atoms with E-state index in [1.54, 1.807) is 0 Å². The van der Waals surface area contributed by atoms with Crippen LogP contribution in [0.2, 0.25) is 0 Å². The van der Waals surface area contributed by atoms with Crippen molar-refractivity contribution in [3.8, 4) is 5.88 Å². The Morgan fingerprint density at radius 3 is 2.30 bits per heavy atom. The maximum atomic E-state index is 12.9. The number of alkyl halides is 7. The molecule has 0 aliphatic rings. The lowest BCUT2D eigenvalue weighted by atomic mass is 10.1. The molecular formula is C12H10BrF6NO3. The molecule has 11 heteroatoms. The lowest BCUT2D eigenvalue weighted by Gasteiger charge is -2.17. The number of rotatable bonds is 5. The van der Waals surface area contributed by atoms with Crippen LogP contribution in [-0.4, -0.2) is 23.9 Å². The topological polar surface area (TPSA) is 48.4 Å². The van der Waals surface area contributed by atoms with Crippen LogP contribution in [0.1, 0.15) is 23.7 Å². The van der Waals surface area contributed by atoms with Crippen LogP contribution < -0.4 is 4.74 Å². The van der Waals surface area contributed by atoms with E-state index in [0.29, 0.717) is 6.07 Å². The minimum Gasteiger partial charge on any atom is -0.466 e. The number of esters is 1. The molecule has 0 saturated carbocycles. The summed E-state index contributed by atoms with van der Waals surface area (Å²) in [7, 11) is 0. The lowest BCUT2D eigenvalue weighted by molar-refractivity contribution is -0.277. The van der Waals surface area contributed by atoms with Crippen molar-refractivity contribution in [3.63, 3.8) is 0 Å². The molecule has 0 aliphatic carbocycles. The molecule has 1 heterocycles. The molecule has 1 rings (SSSR count). The van der Waals surface area contributed by atoms with E-state index < -0.39 is 36.4 Å². The molecule has 23 heavy (non-hydrogen) atoms. The summed E-state index contributed by atoms with van der Waals surface area (Å²) in [6.07, 6.45) is -11.0. The van der Waals surface area contributed by atoms with Gasteiger partial charge in [0.15, 0.2) is 0 Å². The highest BCUT2D eigenvalue weighted by atomic mass is 79.9. The normalized spacial score (nSPS) is 12.2. The second kappa shape index (κ2) is 7.37.